The van der Waals surface area contributed by atoms with Gasteiger partial charge in [0.15, 0.2) is 12.2 Å². The molecular formula is C23H30FN3O7S. The Hall–Kier alpha value is -2.77. The van der Waals surface area contributed by atoms with Crippen LogP contribution in [0.2, 0.25) is 0 Å². The number of hydrogen-bond acceptors (Lipinski definition) is 11. The second-order valence-electron chi connectivity index (χ2n) is 7.89. The van der Waals surface area contributed by atoms with Crippen LogP contribution in [-0.2, 0) is 18.8 Å². The number of carbonyl (C=O) groups is 1. The lowest BCUT2D eigenvalue weighted by atomic mass is 9.96. The quantitative estimate of drug-likeness (QED) is 0.127. The van der Waals surface area contributed by atoms with Crippen molar-refractivity contribution in [3.8, 4) is 17.0 Å². The van der Waals surface area contributed by atoms with Gasteiger partial charge in [0, 0.05) is 30.7 Å². The molecule has 3 N–H and O–H groups in total. The summed E-state index contributed by atoms with van der Waals surface area (Å²) in [4.78, 5) is 25.1. The molecular weight excluding hydrogens is 481 g/mol. The minimum absolute atomic E-state index is 0.105. The minimum Gasteiger partial charge on any atom is -0.507 e. The van der Waals surface area contributed by atoms with E-state index in [0.29, 0.717) is 17.0 Å². The Morgan fingerprint density at radius 2 is 1.97 bits per heavy atom. The van der Waals surface area contributed by atoms with Crippen LogP contribution in [0.4, 0.5) is 10.3 Å². The van der Waals surface area contributed by atoms with Gasteiger partial charge in [0.2, 0.25) is 5.95 Å². The van der Waals surface area contributed by atoms with E-state index in [-0.39, 0.29) is 36.0 Å². The Kier molecular flexibility index (Phi) is 10.9. The van der Waals surface area contributed by atoms with Gasteiger partial charge in [-0.05, 0) is 18.1 Å². The average molecular weight is 512 g/mol. The van der Waals surface area contributed by atoms with Crippen LogP contribution in [0.15, 0.2) is 24.3 Å². The zero-order valence-corrected chi connectivity index (χ0v) is 21.0. The number of phenolic OH excluding ortho intramolecular Hbond substituents is 1. The van der Waals surface area contributed by atoms with Gasteiger partial charge in [-0.3, -0.25) is 9.10 Å². The highest BCUT2D eigenvalue weighted by Gasteiger charge is 2.22. The lowest BCUT2D eigenvalue weighted by Gasteiger charge is -2.20. The predicted molar refractivity (Wildman–Crippen MR) is 130 cm³/mol. The van der Waals surface area contributed by atoms with E-state index in [1.54, 1.807) is 13.1 Å². The van der Waals surface area contributed by atoms with Crippen molar-refractivity contribution in [2.75, 3.05) is 25.6 Å². The van der Waals surface area contributed by atoms with Gasteiger partial charge >= 0.3 is 5.97 Å². The normalized spacial score (nSPS) is 13.3. The molecule has 1 heterocycles. The van der Waals surface area contributed by atoms with Crippen molar-refractivity contribution >= 4 is 30.2 Å². The summed E-state index contributed by atoms with van der Waals surface area (Å²) in [5.74, 6) is -1.40. The fraction of sp³-hybridized carbons (Fsp3) is 0.435. The van der Waals surface area contributed by atoms with Gasteiger partial charge < -0.3 is 20.1 Å². The Bertz CT molecular complexity index is 1040. The van der Waals surface area contributed by atoms with E-state index in [2.05, 4.69) is 19.6 Å². The summed E-state index contributed by atoms with van der Waals surface area (Å²) in [5, 5.41) is 30.9. The third-order valence-electron chi connectivity index (χ3n) is 4.85. The molecule has 12 heteroatoms. The van der Waals surface area contributed by atoms with Crippen LogP contribution in [0.3, 0.4) is 0 Å². The van der Waals surface area contributed by atoms with Crippen LogP contribution in [-0.4, -0.2) is 64.7 Å². The number of benzene rings is 1. The first-order chi connectivity index (χ1) is 16.6. The number of aromatic hydroxyl groups is 1. The fourth-order valence-electron chi connectivity index (χ4n) is 3.16. The molecule has 0 unspecified atom stereocenters. The molecule has 0 radical (unpaired) electrons. The first-order valence-corrected chi connectivity index (χ1v) is 11.4. The highest BCUT2D eigenvalue weighted by Crippen LogP contribution is 2.36. The maximum absolute atomic E-state index is 13.7. The standard InChI is InChI=1S/C23H30FN3O7S/c1-13(2)21-18(9-7-15(28)11-16(29)12-20(31)32-4)22(17-8-6-14(24)10-19(17)30)26-23(25-21)27(3)35-34-33-5/h6-10,13,15-16,28-30H,11-12H2,1-5H3/b9-7+/t15-,16-/m1/s1. The number of nitrogens with zero attached hydrogens (tertiary/aromatic N) is 3. The van der Waals surface area contributed by atoms with Crippen molar-refractivity contribution < 1.29 is 38.5 Å². The largest absolute Gasteiger partial charge is 0.507 e. The molecule has 0 bridgehead atoms. The Morgan fingerprint density at radius 1 is 1.26 bits per heavy atom. The number of phenols is 1. The smallest absolute Gasteiger partial charge is 0.308 e. The summed E-state index contributed by atoms with van der Waals surface area (Å²) in [6.45, 7) is 3.82. The van der Waals surface area contributed by atoms with Gasteiger partial charge in [0.25, 0.3) is 0 Å². The van der Waals surface area contributed by atoms with Crippen LogP contribution in [0.5, 0.6) is 5.75 Å². The summed E-state index contributed by atoms with van der Waals surface area (Å²) in [6.07, 6.45) is 0.451. The van der Waals surface area contributed by atoms with E-state index >= 15 is 0 Å². The highest BCUT2D eigenvalue weighted by atomic mass is 32.2. The topological polar surface area (TPSA) is 134 Å². The number of carbonyl (C=O) groups excluding carboxylic acids is 1. The zero-order valence-electron chi connectivity index (χ0n) is 20.1. The van der Waals surface area contributed by atoms with Crippen molar-refractivity contribution in [1.29, 1.82) is 0 Å². The molecule has 2 rings (SSSR count). The molecule has 35 heavy (non-hydrogen) atoms. The lowest BCUT2D eigenvalue weighted by molar-refractivity contribution is -0.160. The third kappa shape index (κ3) is 8.15. The van der Waals surface area contributed by atoms with Crippen molar-refractivity contribution in [1.82, 2.24) is 9.97 Å². The first-order valence-electron chi connectivity index (χ1n) is 10.7. The van der Waals surface area contributed by atoms with E-state index in [1.807, 2.05) is 13.8 Å². The Labute approximate surface area is 207 Å². The van der Waals surface area contributed by atoms with Crippen LogP contribution in [0.25, 0.3) is 17.3 Å². The molecule has 10 nitrogen and oxygen atoms in total. The zero-order chi connectivity index (χ0) is 26.1. The molecule has 1 aromatic carbocycles. The van der Waals surface area contributed by atoms with Crippen molar-refractivity contribution in [2.45, 2.75) is 44.8 Å². The molecule has 192 valence electrons. The van der Waals surface area contributed by atoms with E-state index < -0.39 is 24.0 Å². The Morgan fingerprint density at radius 3 is 2.57 bits per heavy atom. The summed E-state index contributed by atoms with van der Waals surface area (Å²) in [7, 11) is 4.22. The second kappa shape index (κ2) is 13.4. The summed E-state index contributed by atoms with van der Waals surface area (Å²) in [5.41, 5.74) is 1.61. The van der Waals surface area contributed by atoms with E-state index in [9.17, 15) is 24.5 Å². The molecule has 0 amide bonds. The monoisotopic (exact) mass is 511 g/mol. The van der Waals surface area contributed by atoms with E-state index in [0.717, 1.165) is 18.3 Å². The minimum atomic E-state index is -1.10. The lowest BCUT2D eigenvalue weighted by Crippen LogP contribution is -2.20. The summed E-state index contributed by atoms with van der Waals surface area (Å²) < 4.78 is 24.6. The second-order valence-corrected chi connectivity index (χ2v) is 8.72. The molecule has 1 aromatic heterocycles. The van der Waals surface area contributed by atoms with Crippen molar-refractivity contribution in [3.63, 3.8) is 0 Å². The number of methoxy groups -OCH3 is 1. The first kappa shape index (κ1) is 28.5. The molecule has 2 aromatic rings. The number of esters is 1. The number of halogens is 1. The third-order valence-corrected chi connectivity index (χ3v) is 5.43. The van der Waals surface area contributed by atoms with E-state index in [1.165, 1.54) is 36.7 Å². The van der Waals surface area contributed by atoms with Gasteiger partial charge in [-0.15, -0.1) is 4.33 Å². The van der Waals surface area contributed by atoms with Crippen molar-refractivity contribution in [2.24, 2.45) is 0 Å². The SMILES string of the molecule is COOSN(C)c1nc(-c2ccc(F)cc2O)c(/C=C/[C@@H](O)C[C@@H](O)CC(=O)OC)c(C(C)C)n1. The fourth-order valence-corrected chi connectivity index (χ4v) is 3.46. The van der Waals surface area contributed by atoms with Gasteiger partial charge in [-0.25, -0.2) is 19.2 Å². The number of aliphatic hydroxyl groups excluding tert-OH is 2. The maximum Gasteiger partial charge on any atom is 0.308 e. The molecule has 0 aliphatic heterocycles. The molecule has 0 saturated carbocycles. The van der Waals surface area contributed by atoms with Gasteiger partial charge in [0.05, 0.1) is 44.2 Å². The van der Waals surface area contributed by atoms with Crippen LogP contribution >= 0.6 is 12.2 Å². The van der Waals surface area contributed by atoms with Crippen LogP contribution < -0.4 is 4.31 Å². The van der Waals surface area contributed by atoms with E-state index in [4.69, 9.17) is 4.33 Å². The number of anilines is 1. The number of ether oxygens (including phenoxy) is 1. The molecule has 0 aliphatic carbocycles. The predicted octanol–water partition coefficient (Wildman–Crippen LogP) is 3.38. The average Bonchev–Trinajstić information content (AvgIpc) is 2.80. The van der Waals surface area contributed by atoms with Gasteiger partial charge in [0.1, 0.15) is 11.6 Å². The van der Waals surface area contributed by atoms with Crippen molar-refractivity contribution in [3.05, 3.63) is 41.3 Å². The molecule has 2 atom stereocenters. The number of aliphatic hydroxyl groups is 2. The Balaban J connectivity index is 2.54. The summed E-state index contributed by atoms with van der Waals surface area (Å²) >= 11 is 0.838. The number of rotatable bonds is 12. The molecule has 0 saturated heterocycles. The van der Waals surface area contributed by atoms with Crippen LogP contribution in [0.1, 0.15) is 43.9 Å². The molecule has 0 spiro atoms. The highest BCUT2D eigenvalue weighted by molar-refractivity contribution is 7.95. The number of aromatic nitrogens is 2. The molecule has 0 fully saturated rings. The number of hydrogen-bond donors (Lipinski definition) is 3. The van der Waals surface area contributed by atoms with Gasteiger partial charge in [-0.1, -0.05) is 26.0 Å². The summed E-state index contributed by atoms with van der Waals surface area (Å²) in [6, 6.07) is 3.57. The van der Waals surface area contributed by atoms with Gasteiger partial charge in [-0.2, -0.15) is 0 Å². The van der Waals surface area contributed by atoms with Crippen LogP contribution in [0, 0.1) is 5.82 Å². The maximum atomic E-state index is 13.7. The molecule has 0 aliphatic rings.